The number of nitrogens with zero attached hydrogens (tertiary/aromatic N) is 2. The van der Waals surface area contributed by atoms with E-state index in [4.69, 9.17) is 0 Å². The number of hydrogen-bond acceptors (Lipinski definition) is 3. The van der Waals surface area contributed by atoms with Crippen molar-refractivity contribution in [1.82, 2.24) is 4.90 Å². The average Bonchev–Trinajstić information content (AvgIpc) is 2.71. The van der Waals surface area contributed by atoms with E-state index in [1.54, 1.807) is 17.0 Å². The lowest BCUT2D eigenvalue weighted by molar-refractivity contribution is -0.115. The third-order valence-electron chi connectivity index (χ3n) is 5.42. The van der Waals surface area contributed by atoms with Crippen LogP contribution in [0.15, 0.2) is 48.5 Å². The molecule has 0 spiro atoms. The highest BCUT2D eigenvalue weighted by atomic mass is 16.2. The standard InChI is InChI=1S/C23H29N3O2/c1-4-25(5-2)23(28)19-10-8-11-20(15-19)24-22(27)16-26-17(3)13-14-18-9-6-7-12-21(18)26/h6-12,15,17H,4-5,13-14,16H2,1-3H3,(H,24,27)/t17-/m1/s1. The zero-order valence-electron chi connectivity index (χ0n) is 16.9. The molecule has 1 aliphatic rings. The number of hydrogen-bond donors (Lipinski definition) is 1. The van der Waals surface area contributed by atoms with Gasteiger partial charge in [0.25, 0.3) is 5.91 Å². The average molecular weight is 380 g/mol. The van der Waals surface area contributed by atoms with Crippen molar-refractivity contribution in [3.05, 3.63) is 59.7 Å². The van der Waals surface area contributed by atoms with E-state index < -0.39 is 0 Å². The molecule has 0 aromatic heterocycles. The fourth-order valence-corrected chi connectivity index (χ4v) is 3.78. The Balaban J connectivity index is 1.70. The van der Waals surface area contributed by atoms with Gasteiger partial charge in [0, 0.05) is 36.1 Å². The van der Waals surface area contributed by atoms with Gasteiger partial charge in [0.2, 0.25) is 5.91 Å². The third-order valence-corrected chi connectivity index (χ3v) is 5.42. The van der Waals surface area contributed by atoms with Crippen LogP contribution in [0.5, 0.6) is 0 Å². The summed E-state index contributed by atoms with van der Waals surface area (Å²) in [6.45, 7) is 7.71. The zero-order chi connectivity index (χ0) is 20.1. The highest BCUT2D eigenvalue weighted by Crippen LogP contribution is 2.30. The van der Waals surface area contributed by atoms with Gasteiger partial charge in [0.15, 0.2) is 0 Å². The molecule has 0 saturated heterocycles. The SMILES string of the molecule is CCN(CC)C(=O)c1cccc(NC(=O)CN2c3ccccc3CC[C@H]2C)c1. The predicted octanol–water partition coefficient (Wildman–Crippen LogP) is 3.95. The highest BCUT2D eigenvalue weighted by molar-refractivity contribution is 5.98. The molecular weight excluding hydrogens is 350 g/mol. The van der Waals surface area contributed by atoms with Gasteiger partial charge >= 0.3 is 0 Å². The zero-order valence-corrected chi connectivity index (χ0v) is 16.9. The van der Waals surface area contributed by atoms with Crippen LogP contribution in [0.25, 0.3) is 0 Å². The molecule has 0 radical (unpaired) electrons. The van der Waals surface area contributed by atoms with Crippen LogP contribution in [0.2, 0.25) is 0 Å². The summed E-state index contributed by atoms with van der Waals surface area (Å²) < 4.78 is 0. The van der Waals surface area contributed by atoms with Crippen molar-refractivity contribution in [2.24, 2.45) is 0 Å². The summed E-state index contributed by atoms with van der Waals surface area (Å²) in [6.07, 6.45) is 2.09. The van der Waals surface area contributed by atoms with Gasteiger partial charge in [-0.25, -0.2) is 0 Å². The molecule has 2 amide bonds. The maximum atomic E-state index is 12.7. The summed E-state index contributed by atoms with van der Waals surface area (Å²) in [5, 5.41) is 2.96. The quantitative estimate of drug-likeness (QED) is 0.827. The van der Waals surface area contributed by atoms with Gasteiger partial charge in [0.1, 0.15) is 0 Å². The van der Waals surface area contributed by atoms with E-state index in [0.717, 1.165) is 18.5 Å². The molecule has 0 bridgehead atoms. The Kier molecular flexibility index (Phi) is 6.34. The van der Waals surface area contributed by atoms with Gasteiger partial charge in [0.05, 0.1) is 6.54 Å². The fourth-order valence-electron chi connectivity index (χ4n) is 3.78. The summed E-state index contributed by atoms with van der Waals surface area (Å²) in [5.41, 5.74) is 3.68. The van der Waals surface area contributed by atoms with E-state index in [2.05, 4.69) is 29.3 Å². The minimum absolute atomic E-state index is 0.0142. The number of carbonyl (C=O) groups excluding carboxylic acids is 2. The van der Waals surface area contributed by atoms with E-state index in [0.29, 0.717) is 36.9 Å². The van der Waals surface area contributed by atoms with Gasteiger partial charge in [-0.3, -0.25) is 9.59 Å². The smallest absolute Gasteiger partial charge is 0.253 e. The molecule has 1 atom stereocenters. The second-order valence-corrected chi connectivity index (χ2v) is 7.25. The molecule has 0 unspecified atom stereocenters. The number of benzene rings is 2. The molecule has 1 heterocycles. The Hall–Kier alpha value is -2.82. The summed E-state index contributed by atoms with van der Waals surface area (Å²) in [6, 6.07) is 15.8. The van der Waals surface area contributed by atoms with E-state index in [1.807, 2.05) is 38.1 Å². The molecule has 5 heteroatoms. The number of amides is 2. The van der Waals surface area contributed by atoms with E-state index in [9.17, 15) is 9.59 Å². The maximum absolute atomic E-state index is 12.7. The number of carbonyl (C=O) groups is 2. The molecule has 2 aromatic carbocycles. The molecular formula is C23H29N3O2. The Morgan fingerprint density at radius 2 is 1.86 bits per heavy atom. The Morgan fingerprint density at radius 1 is 1.11 bits per heavy atom. The number of fused-ring (bicyclic) bond motifs is 1. The third kappa shape index (κ3) is 4.35. The monoisotopic (exact) mass is 379 g/mol. The second kappa shape index (κ2) is 8.91. The molecule has 148 valence electrons. The molecule has 28 heavy (non-hydrogen) atoms. The number of nitrogens with one attached hydrogen (secondary N) is 1. The number of anilines is 2. The van der Waals surface area contributed by atoms with Crippen molar-refractivity contribution in [3.63, 3.8) is 0 Å². The van der Waals surface area contributed by atoms with Gasteiger partial charge in [-0.05, 0) is 63.4 Å². The number of para-hydroxylation sites is 1. The molecule has 1 aliphatic heterocycles. The van der Waals surface area contributed by atoms with E-state index in [1.165, 1.54) is 5.56 Å². The first-order valence-corrected chi connectivity index (χ1v) is 10.1. The van der Waals surface area contributed by atoms with Gasteiger partial charge < -0.3 is 15.1 Å². The molecule has 0 aliphatic carbocycles. The topological polar surface area (TPSA) is 52.7 Å². The summed E-state index contributed by atoms with van der Waals surface area (Å²) in [7, 11) is 0. The normalized spacial score (nSPS) is 15.7. The van der Waals surface area contributed by atoms with Crippen molar-refractivity contribution in [2.45, 2.75) is 39.7 Å². The largest absolute Gasteiger partial charge is 0.359 e. The summed E-state index contributed by atoms with van der Waals surface area (Å²) >= 11 is 0. The molecule has 1 N–H and O–H groups in total. The molecule has 0 fully saturated rings. The van der Waals surface area contributed by atoms with Crippen LogP contribution in [-0.4, -0.2) is 42.4 Å². The Morgan fingerprint density at radius 3 is 2.61 bits per heavy atom. The van der Waals surface area contributed by atoms with Crippen molar-refractivity contribution in [2.75, 3.05) is 29.9 Å². The highest BCUT2D eigenvalue weighted by Gasteiger charge is 2.24. The molecule has 0 saturated carbocycles. The molecule has 3 rings (SSSR count). The van der Waals surface area contributed by atoms with E-state index >= 15 is 0 Å². The molecule has 5 nitrogen and oxygen atoms in total. The van der Waals surface area contributed by atoms with E-state index in [-0.39, 0.29) is 11.8 Å². The van der Waals surface area contributed by atoms with Gasteiger partial charge in [-0.1, -0.05) is 24.3 Å². The van der Waals surface area contributed by atoms with Crippen LogP contribution in [0.3, 0.4) is 0 Å². The van der Waals surface area contributed by atoms with Crippen LogP contribution in [0.1, 0.15) is 43.1 Å². The van der Waals surface area contributed by atoms with Crippen molar-refractivity contribution < 1.29 is 9.59 Å². The van der Waals surface area contributed by atoms with Gasteiger partial charge in [-0.2, -0.15) is 0 Å². The lowest BCUT2D eigenvalue weighted by Gasteiger charge is -2.36. The van der Waals surface area contributed by atoms with Crippen molar-refractivity contribution >= 4 is 23.2 Å². The van der Waals surface area contributed by atoms with Gasteiger partial charge in [-0.15, -0.1) is 0 Å². The summed E-state index contributed by atoms with van der Waals surface area (Å²) in [4.78, 5) is 29.2. The van der Waals surface area contributed by atoms with Crippen LogP contribution in [0, 0.1) is 0 Å². The van der Waals surface area contributed by atoms with Crippen LogP contribution in [-0.2, 0) is 11.2 Å². The van der Waals surface area contributed by atoms with Crippen LogP contribution >= 0.6 is 0 Å². The first-order chi connectivity index (χ1) is 13.5. The van der Waals surface area contributed by atoms with Crippen molar-refractivity contribution in [1.29, 1.82) is 0 Å². The number of aryl methyl sites for hydroxylation is 1. The summed E-state index contributed by atoms with van der Waals surface area (Å²) in [5.74, 6) is -0.0873. The lowest BCUT2D eigenvalue weighted by atomic mass is 9.96. The molecule has 2 aromatic rings. The Labute approximate surface area is 167 Å². The predicted molar refractivity (Wildman–Crippen MR) is 114 cm³/mol. The first kappa shape index (κ1) is 19.9. The van der Waals surface area contributed by atoms with Crippen LogP contribution < -0.4 is 10.2 Å². The maximum Gasteiger partial charge on any atom is 0.253 e. The fraction of sp³-hybridized carbons (Fsp3) is 0.391. The minimum atomic E-state index is -0.0732. The van der Waals surface area contributed by atoms with Crippen molar-refractivity contribution in [3.8, 4) is 0 Å². The first-order valence-electron chi connectivity index (χ1n) is 10.1. The number of rotatable bonds is 6. The Bertz CT molecular complexity index is 845. The second-order valence-electron chi connectivity index (χ2n) is 7.25. The minimum Gasteiger partial charge on any atom is -0.359 e. The van der Waals surface area contributed by atoms with Crippen LogP contribution in [0.4, 0.5) is 11.4 Å². The lowest BCUT2D eigenvalue weighted by Crippen LogP contribution is -2.42.